The number of anilines is 1. The van der Waals surface area contributed by atoms with Gasteiger partial charge in [0.1, 0.15) is 12.1 Å². The quantitative estimate of drug-likeness (QED) is 0.792. The summed E-state index contributed by atoms with van der Waals surface area (Å²) in [6.07, 6.45) is 1.50. The molecule has 0 amide bonds. The summed E-state index contributed by atoms with van der Waals surface area (Å²) in [5.74, 6) is 1.37. The first kappa shape index (κ1) is 12.1. The van der Waals surface area contributed by atoms with Crippen molar-refractivity contribution in [1.82, 2.24) is 14.9 Å². The van der Waals surface area contributed by atoms with Crippen molar-refractivity contribution < 1.29 is 9.47 Å². The summed E-state index contributed by atoms with van der Waals surface area (Å²) in [4.78, 5) is 10.5. The Labute approximate surface area is 101 Å². The molecule has 0 spiro atoms. The molecule has 0 atom stereocenters. The van der Waals surface area contributed by atoms with Crippen LogP contribution in [-0.4, -0.2) is 61.4 Å². The van der Waals surface area contributed by atoms with Crippen LogP contribution in [0.2, 0.25) is 0 Å². The zero-order valence-electron chi connectivity index (χ0n) is 10.1. The fourth-order valence-electron chi connectivity index (χ4n) is 1.71. The summed E-state index contributed by atoms with van der Waals surface area (Å²) < 4.78 is 10.3. The average molecular weight is 238 g/mol. The lowest BCUT2D eigenvalue weighted by molar-refractivity contribution is 0.0398. The molecule has 1 aliphatic heterocycles. The molecular formula is C11H18N4O2. The van der Waals surface area contributed by atoms with Crippen molar-refractivity contribution >= 4 is 5.82 Å². The van der Waals surface area contributed by atoms with Crippen molar-refractivity contribution in [2.75, 3.05) is 51.8 Å². The van der Waals surface area contributed by atoms with E-state index in [-0.39, 0.29) is 0 Å². The van der Waals surface area contributed by atoms with Gasteiger partial charge in [-0.1, -0.05) is 0 Å². The van der Waals surface area contributed by atoms with E-state index in [1.165, 1.54) is 6.33 Å². The van der Waals surface area contributed by atoms with Crippen LogP contribution in [0.1, 0.15) is 0 Å². The lowest BCUT2D eigenvalue weighted by Crippen LogP contribution is -2.39. The van der Waals surface area contributed by atoms with E-state index in [2.05, 4.69) is 20.2 Å². The first-order valence-electron chi connectivity index (χ1n) is 5.78. The van der Waals surface area contributed by atoms with Crippen molar-refractivity contribution in [3.63, 3.8) is 0 Å². The molecule has 6 heteroatoms. The van der Waals surface area contributed by atoms with E-state index in [0.29, 0.717) is 5.88 Å². The third kappa shape index (κ3) is 3.83. The summed E-state index contributed by atoms with van der Waals surface area (Å²) in [6.45, 7) is 5.54. The van der Waals surface area contributed by atoms with Crippen molar-refractivity contribution in [1.29, 1.82) is 0 Å². The van der Waals surface area contributed by atoms with Gasteiger partial charge in [-0.05, 0) is 0 Å². The van der Waals surface area contributed by atoms with Gasteiger partial charge < -0.3 is 14.8 Å². The van der Waals surface area contributed by atoms with E-state index in [1.807, 2.05) is 0 Å². The molecule has 2 heterocycles. The number of hydrogen-bond acceptors (Lipinski definition) is 6. The Balaban J connectivity index is 1.73. The van der Waals surface area contributed by atoms with Crippen molar-refractivity contribution in [3.8, 4) is 5.88 Å². The fourth-order valence-corrected chi connectivity index (χ4v) is 1.71. The van der Waals surface area contributed by atoms with Gasteiger partial charge >= 0.3 is 0 Å². The predicted molar refractivity (Wildman–Crippen MR) is 64.3 cm³/mol. The third-order valence-electron chi connectivity index (χ3n) is 2.69. The van der Waals surface area contributed by atoms with Gasteiger partial charge in [0, 0.05) is 32.2 Å². The van der Waals surface area contributed by atoms with Gasteiger partial charge in [0.15, 0.2) is 0 Å². The summed E-state index contributed by atoms with van der Waals surface area (Å²) in [6, 6.07) is 1.79. The zero-order valence-corrected chi connectivity index (χ0v) is 10.1. The number of rotatable bonds is 5. The molecule has 1 aromatic rings. The van der Waals surface area contributed by atoms with Crippen molar-refractivity contribution in [2.45, 2.75) is 0 Å². The van der Waals surface area contributed by atoms with Gasteiger partial charge in [0.2, 0.25) is 5.88 Å². The molecule has 1 saturated heterocycles. The van der Waals surface area contributed by atoms with Crippen LogP contribution in [0.4, 0.5) is 5.82 Å². The Morgan fingerprint density at radius 2 is 2.24 bits per heavy atom. The Bertz CT molecular complexity index is 342. The second-order valence-corrected chi connectivity index (χ2v) is 3.83. The molecule has 0 radical (unpaired) electrons. The Morgan fingerprint density at radius 1 is 1.41 bits per heavy atom. The summed E-state index contributed by atoms with van der Waals surface area (Å²) >= 11 is 0. The molecular weight excluding hydrogens is 220 g/mol. The first-order valence-corrected chi connectivity index (χ1v) is 5.78. The molecule has 0 bridgehead atoms. The number of ether oxygens (including phenoxy) is 2. The molecule has 0 unspecified atom stereocenters. The molecule has 0 aromatic carbocycles. The average Bonchev–Trinajstić information content (AvgIpc) is 2.40. The molecule has 2 rings (SSSR count). The predicted octanol–water partition coefficient (Wildman–Crippen LogP) is 0.229. The third-order valence-corrected chi connectivity index (χ3v) is 2.69. The van der Waals surface area contributed by atoms with Gasteiger partial charge in [-0.2, -0.15) is 0 Å². The van der Waals surface area contributed by atoms with E-state index >= 15 is 0 Å². The molecule has 1 aromatic heterocycles. The fraction of sp³-hybridized carbons (Fsp3) is 0.636. The monoisotopic (exact) mass is 238 g/mol. The number of methoxy groups -OCH3 is 1. The Kier molecular flexibility index (Phi) is 4.52. The second-order valence-electron chi connectivity index (χ2n) is 3.83. The minimum absolute atomic E-state index is 0.578. The molecule has 1 N–H and O–H groups in total. The summed E-state index contributed by atoms with van der Waals surface area (Å²) in [5, 5.41) is 3.25. The van der Waals surface area contributed by atoms with Crippen LogP contribution in [0.3, 0.4) is 0 Å². The van der Waals surface area contributed by atoms with E-state index in [4.69, 9.17) is 9.47 Å². The molecule has 17 heavy (non-hydrogen) atoms. The normalized spacial score (nSPS) is 16.8. The Morgan fingerprint density at radius 3 is 3.00 bits per heavy atom. The van der Waals surface area contributed by atoms with Crippen molar-refractivity contribution in [2.24, 2.45) is 0 Å². The lowest BCUT2D eigenvalue weighted by atomic mass is 10.4. The van der Waals surface area contributed by atoms with Crippen LogP contribution in [0.5, 0.6) is 5.88 Å². The highest BCUT2D eigenvalue weighted by Gasteiger charge is 2.09. The van der Waals surface area contributed by atoms with Gasteiger partial charge in [0.25, 0.3) is 0 Å². The lowest BCUT2D eigenvalue weighted by Gasteiger charge is -2.26. The van der Waals surface area contributed by atoms with E-state index < -0.39 is 0 Å². The topological polar surface area (TPSA) is 59.5 Å². The molecule has 94 valence electrons. The standard InChI is InChI=1S/C11H18N4O2/c1-16-11-8-10(13-9-14-11)12-2-3-15-4-6-17-7-5-15/h8-9H,2-7H2,1H3,(H,12,13,14). The van der Waals surface area contributed by atoms with Crippen LogP contribution in [0.15, 0.2) is 12.4 Å². The zero-order chi connectivity index (χ0) is 11.9. The first-order chi connectivity index (χ1) is 8.38. The van der Waals surface area contributed by atoms with Gasteiger partial charge in [-0.3, -0.25) is 4.90 Å². The summed E-state index contributed by atoms with van der Waals surface area (Å²) in [5.41, 5.74) is 0. The smallest absolute Gasteiger partial charge is 0.218 e. The van der Waals surface area contributed by atoms with E-state index in [1.54, 1.807) is 13.2 Å². The van der Waals surface area contributed by atoms with Gasteiger partial charge in [0.05, 0.1) is 20.3 Å². The van der Waals surface area contributed by atoms with Crippen LogP contribution in [0, 0.1) is 0 Å². The number of nitrogens with zero attached hydrogens (tertiary/aromatic N) is 3. The molecule has 0 saturated carbocycles. The summed E-state index contributed by atoms with van der Waals surface area (Å²) in [7, 11) is 1.60. The van der Waals surface area contributed by atoms with Crippen LogP contribution in [-0.2, 0) is 4.74 Å². The molecule has 1 fully saturated rings. The number of morpholine rings is 1. The van der Waals surface area contributed by atoms with Gasteiger partial charge in [-0.15, -0.1) is 0 Å². The molecule has 0 aliphatic carbocycles. The minimum Gasteiger partial charge on any atom is -0.481 e. The highest BCUT2D eigenvalue weighted by molar-refractivity contribution is 5.36. The molecule has 6 nitrogen and oxygen atoms in total. The van der Waals surface area contributed by atoms with E-state index in [9.17, 15) is 0 Å². The maximum Gasteiger partial charge on any atom is 0.218 e. The van der Waals surface area contributed by atoms with Crippen LogP contribution in [0.25, 0.3) is 0 Å². The second kappa shape index (κ2) is 6.36. The number of nitrogens with one attached hydrogen (secondary N) is 1. The van der Waals surface area contributed by atoms with Gasteiger partial charge in [-0.25, -0.2) is 9.97 Å². The number of aromatic nitrogens is 2. The SMILES string of the molecule is COc1cc(NCCN2CCOCC2)ncn1. The van der Waals surface area contributed by atoms with Crippen LogP contribution < -0.4 is 10.1 Å². The minimum atomic E-state index is 0.578. The Hall–Kier alpha value is -1.40. The van der Waals surface area contributed by atoms with E-state index in [0.717, 1.165) is 45.2 Å². The largest absolute Gasteiger partial charge is 0.481 e. The highest BCUT2D eigenvalue weighted by atomic mass is 16.5. The number of hydrogen-bond donors (Lipinski definition) is 1. The van der Waals surface area contributed by atoms with Crippen molar-refractivity contribution in [3.05, 3.63) is 12.4 Å². The molecule has 1 aliphatic rings. The van der Waals surface area contributed by atoms with Crippen LogP contribution >= 0.6 is 0 Å². The maximum absolute atomic E-state index is 5.30. The highest BCUT2D eigenvalue weighted by Crippen LogP contribution is 2.09. The maximum atomic E-state index is 5.30.